The summed E-state index contributed by atoms with van der Waals surface area (Å²) in [5, 5.41) is 0. The maximum atomic E-state index is 12.8. The molecule has 1 rings (SSSR count). The van der Waals surface area contributed by atoms with E-state index in [-0.39, 0.29) is 30.6 Å². The van der Waals surface area contributed by atoms with Crippen molar-refractivity contribution >= 4 is 11.9 Å². The van der Waals surface area contributed by atoms with Crippen LogP contribution in [0.2, 0.25) is 0 Å². The highest BCUT2D eigenvalue weighted by atomic mass is 16.6. The van der Waals surface area contributed by atoms with Crippen molar-refractivity contribution in [3.8, 4) is 0 Å². The Kier molecular flexibility index (Phi) is 24.3. The van der Waals surface area contributed by atoms with Crippen molar-refractivity contribution in [2.45, 2.75) is 168 Å². The van der Waals surface area contributed by atoms with Crippen LogP contribution < -0.4 is 0 Å². The Labute approximate surface area is 248 Å². The number of allylic oxidation sites excluding steroid dienone is 2. The van der Waals surface area contributed by atoms with Crippen molar-refractivity contribution < 1.29 is 19.1 Å². The van der Waals surface area contributed by atoms with Crippen molar-refractivity contribution in [3.63, 3.8) is 0 Å². The lowest BCUT2D eigenvalue weighted by Crippen LogP contribution is -2.36. The standard InChI is InChI=1S/C35H65NO4/c1-4-6-8-10-12-13-14-15-16-17-18-19-20-22-24-26-34(37)39-31-33(25-23-21-11-9-7-5-2)40-35(38)32-27-29-36(3)30-28-32/h15-16,32-33H,4-14,17-31H2,1-3H3/b16-15-. The van der Waals surface area contributed by atoms with Crippen LogP contribution in [0.4, 0.5) is 0 Å². The lowest BCUT2D eigenvalue weighted by atomic mass is 9.97. The van der Waals surface area contributed by atoms with Crippen LogP contribution in [0, 0.1) is 5.92 Å². The van der Waals surface area contributed by atoms with E-state index < -0.39 is 0 Å². The number of unbranched alkanes of at least 4 members (excludes halogenated alkanes) is 16. The second-order valence-electron chi connectivity index (χ2n) is 12.2. The molecule has 0 radical (unpaired) electrons. The molecule has 1 unspecified atom stereocenters. The van der Waals surface area contributed by atoms with Crippen LogP contribution in [-0.2, 0) is 19.1 Å². The van der Waals surface area contributed by atoms with Crippen molar-refractivity contribution in [2.75, 3.05) is 26.7 Å². The lowest BCUT2D eigenvalue weighted by Gasteiger charge is -2.29. The molecular weight excluding hydrogens is 498 g/mol. The first-order valence-electron chi connectivity index (χ1n) is 17.3. The lowest BCUT2D eigenvalue weighted by molar-refractivity contribution is -0.164. The van der Waals surface area contributed by atoms with Crippen LogP contribution in [0.25, 0.3) is 0 Å². The van der Waals surface area contributed by atoms with Crippen molar-refractivity contribution in [1.29, 1.82) is 0 Å². The Balaban J connectivity index is 2.15. The Bertz CT molecular complexity index is 627. The van der Waals surface area contributed by atoms with E-state index in [1.54, 1.807) is 0 Å². The zero-order chi connectivity index (χ0) is 29.1. The van der Waals surface area contributed by atoms with Gasteiger partial charge in [-0.15, -0.1) is 0 Å². The van der Waals surface area contributed by atoms with Gasteiger partial charge in [0.05, 0.1) is 5.92 Å². The number of carbonyl (C=O) groups is 2. The van der Waals surface area contributed by atoms with Crippen LogP contribution in [-0.4, -0.2) is 49.7 Å². The topological polar surface area (TPSA) is 55.8 Å². The van der Waals surface area contributed by atoms with Gasteiger partial charge in [0, 0.05) is 6.42 Å². The van der Waals surface area contributed by atoms with Gasteiger partial charge < -0.3 is 14.4 Å². The minimum Gasteiger partial charge on any atom is -0.462 e. The molecular formula is C35H65NO4. The number of piperidine rings is 1. The fourth-order valence-corrected chi connectivity index (χ4v) is 5.43. The molecule has 40 heavy (non-hydrogen) atoms. The SMILES string of the molecule is CCCCCCCC/C=C\CCCCCCCC(=O)OCC(CCCCCCCC)OC(=O)C1CCN(C)CC1. The van der Waals surface area contributed by atoms with Gasteiger partial charge in [-0.25, -0.2) is 0 Å². The molecule has 0 amide bonds. The number of carbonyl (C=O) groups excluding carboxylic acids is 2. The molecule has 0 aromatic carbocycles. The Morgan fingerprint density at radius 3 is 1.80 bits per heavy atom. The molecule has 1 fully saturated rings. The third-order valence-electron chi connectivity index (χ3n) is 8.29. The summed E-state index contributed by atoms with van der Waals surface area (Å²) >= 11 is 0. The summed E-state index contributed by atoms with van der Waals surface area (Å²) in [6.45, 7) is 6.57. The Morgan fingerprint density at radius 1 is 0.725 bits per heavy atom. The molecule has 5 heteroatoms. The van der Waals surface area contributed by atoms with Gasteiger partial charge in [-0.1, -0.05) is 109 Å². The Hall–Kier alpha value is -1.36. The molecule has 1 saturated heterocycles. The summed E-state index contributed by atoms with van der Waals surface area (Å²) in [7, 11) is 2.10. The fourth-order valence-electron chi connectivity index (χ4n) is 5.43. The number of likely N-dealkylation sites (tertiary alicyclic amines) is 1. The molecule has 1 atom stereocenters. The molecule has 0 aromatic rings. The largest absolute Gasteiger partial charge is 0.462 e. The van der Waals surface area contributed by atoms with Crippen LogP contribution in [0.3, 0.4) is 0 Å². The first-order valence-corrected chi connectivity index (χ1v) is 17.3. The van der Waals surface area contributed by atoms with E-state index in [0.717, 1.165) is 58.0 Å². The number of ether oxygens (including phenoxy) is 2. The molecule has 1 aliphatic heterocycles. The van der Waals surface area contributed by atoms with Gasteiger partial charge in [-0.05, 0) is 77.9 Å². The average molecular weight is 564 g/mol. The van der Waals surface area contributed by atoms with E-state index in [9.17, 15) is 9.59 Å². The number of esters is 2. The van der Waals surface area contributed by atoms with Crippen LogP contribution in [0.5, 0.6) is 0 Å². The summed E-state index contributed by atoms with van der Waals surface area (Å²) < 4.78 is 11.5. The second kappa shape index (κ2) is 26.5. The zero-order valence-corrected chi connectivity index (χ0v) is 26.8. The van der Waals surface area contributed by atoms with Crippen molar-refractivity contribution in [3.05, 3.63) is 12.2 Å². The summed E-state index contributed by atoms with van der Waals surface area (Å²) in [5.74, 6) is -0.270. The molecule has 0 aliphatic carbocycles. The minimum atomic E-state index is -0.309. The van der Waals surface area contributed by atoms with Gasteiger partial charge >= 0.3 is 11.9 Å². The highest BCUT2D eigenvalue weighted by Gasteiger charge is 2.27. The van der Waals surface area contributed by atoms with Gasteiger partial charge in [0.15, 0.2) is 0 Å². The molecule has 0 aromatic heterocycles. The van der Waals surface area contributed by atoms with E-state index in [1.165, 1.54) is 96.3 Å². The summed E-state index contributed by atoms with van der Waals surface area (Å²) in [5.41, 5.74) is 0. The smallest absolute Gasteiger partial charge is 0.309 e. The van der Waals surface area contributed by atoms with Crippen LogP contribution in [0.15, 0.2) is 12.2 Å². The molecule has 1 heterocycles. The maximum Gasteiger partial charge on any atom is 0.309 e. The van der Waals surface area contributed by atoms with E-state index in [4.69, 9.17) is 9.47 Å². The molecule has 0 saturated carbocycles. The number of nitrogens with zero attached hydrogens (tertiary/aromatic N) is 1. The first kappa shape index (κ1) is 36.7. The Morgan fingerprint density at radius 2 is 1.23 bits per heavy atom. The number of hydrogen-bond donors (Lipinski definition) is 0. The zero-order valence-electron chi connectivity index (χ0n) is 26.8. The minimum absolute atomic E-state index is 0.0187. The molecule has 0 spiro atoms. The monoisotopic (exact) mass is 563 g/mol. The molecule has 0 N–H and O–H groups in total. The molecule has 1 aliphatic rings. The van der Waals surface area contributed by atoms with Crippen molar-refractivity contribution in [2.24, 2.45) is 5.92 Å². The maximum absolute atomic E-state index is 12.8. The van der Waals surface area contributed by atoms with Crippen LogP contribution in [0.1, 0.15) is 162 Å². The predicted octanol–water partition coefficient (Wildman–Crippen LogP) is 9.57. The summed E-state index contributed by atoms with van der Waals surface area (Å²) in [6.07, 6.45) is 30.7. The van der Waals surface area contributed by atoms with Crippen molar-refractivity contribution in [1.82, 2.24) is 4.90 Å². The quantitative estimate of drug-likeness (QED) is 0.0596. The fraction of sp³-hybridized carbons (Fsp3) is 0.886. The third-order valence-corrected chi connectivity index (χ3v) is 8.29. The molecule has 234 valence electrons. The van der Waals surface area contributed by atoms with E-state index in [0.29, 0.717) is 6.42 Å². The van der Waals surface area contributed by atoms with Gasteiger partial charge in [0.1, 0.15) is 12.7 Å². The van der Waals surface area contributed by atoms with E-state index in [1.807, 2.05) is 0 Å². The second-order valence-corrected chi connectivity index (χ2v) is 12.2. The van der Waals surface area contributed by atoms with Gasteiger partial charge in [0.2, 0.25) is 0 Å². The van der Waals surface area contributed by atoms with E-state index in [2.05, 4.69) is 37.9 Å². The van der Waals surface area contributed by atoms with Gasteiger partial charge in [-0.2, -0.15) is 0 Å². The average Bonchev–Trinajstić information content (AvgIpc) is 2.95. The summed E-state index contributed by atoms with van der Waals surface area (Å²) in [6, 6.07) is 0. The van der Waals surface area contributed by atoms with E-state index >= 15 is 0 Å². The van der Waals surface area contributed by atoms with Gasteiger partial charge in [0.25, 0.3) is 0 Å². The highest BCUT2D eigenvalue weighted by molar-refractivity contribution is 5.73. The number of hydrogen-bond acceptors (Lipinski definition) is 5. The van der Waals surface area contributed by atoms with Gasteiger partial charge in [-0.3, -0.25) is 9.59 Å². The molecule has 0 bridgehead atoms. The normalized spacial score (nSPS) is 15.5. The third kappa shape index (κ3) is 21.4. The van der Waals surface area contributed by atoms with Crippen LogP contribution >= 0.6 is 0 Å². The first-order chi connectivity index (χ1) is 19.6. The predicted molar refractivity (Wildman–Crippen MR) is 169 cm³/mol. The highest BCUT2D eigenvalue weighted by Crippen LogP contribution is 2.20. The molecule has 5 nitrogen and oxygen atoms in total. The summed E-state index contributed by atoms with van der Waals surface area (Å²) in [4.78, 5) is 27.4. The number of rotatable bonds is 26.